The van der Waals surface area contributed by atoms with E-state index in [1.165, 1.54) is 25.7 Å². The van der Waals surface area contributed by atoms with Crippen molar-refractivity contribution in [3.8, 4) is 0 Å². The van der Waals surface area contributed by atoms with Gasteiger partial charge in [-0.2, -0.15) is 0 Å². The number of ether oxygens (including phenoxy) is 2. The lowest BCUT2D eigenvalue weighted by Crippen LogP contribution is -2.19. The summed E-state index contributed by atoms with van der Waals surface area (Å²) in [5.74, 6) is 0. The number of hydrogen-bond acceptors (Lipinski definition) is 3. The maximum Gasteiger partial charge on any atom is 0.157 e. The Labute approximate surface area is 138 Å². The van der Waals surface area contributed by atoms with Crippen molar-refractivity contribution < 1.29 is 14.6 Å². The van der Waals surface area contributed by atoms with Crippen LogP contribution in [0.2, 0.25) is 0 Å². The Balaban J connectivity index is 3.74. The van der Waals surface area contributed by atoms with Gasteiger partial charge in [0.1, 0.15) is 0 Å². The topological polar surface area (TPSA) is 38.7 Å². The zero-order valence-corrected chi connectivity index (χ0v) is 14.9. The summed E-state index contributed by atoms with van der Waals surface area (Å²) in [6.07, 6.45) is 16.5. The second kappa shape index (κ2) is 18.7. The van der Waals surface area contributed by atoms with Gasteiger partial charge >= 0.3 is 0 Å². The van der Waals surface area contributed by atoms with E-state index < -0.39 is 0 Å². The maximum atomic E-state index is 8.70. The summed E-state index contributed by atoms with van der Waals surface area (Å²) in [4.78, 5) is 0. The van der Waals surface area contributed by atoms with Crippen molar-refractivity contribution in [2.45, 2.75) is 90.8 Å². The Morgan fingerprint density at radius 1 is 0.773 bits per heavy atom. The van der Waals surface area contributed by atoms with E-state index in [9.17, 15) is 0 Å². The molecule has 22 heavy (non-hydrogen) atoms. The number of aliphatic hydroxyl groups excluding tert-OH is 1. The molecule has 0 fully saturated rings. The predicted octanol–water partition coefficient (Wildman–Crippen LogP) is 5.23. The molecule has 0 atom stereocenters. The minimum Gasteiger partial charge on any atom is -0.396 e. The number of rotatable bonds is 17. The first-order valence-corrected chi connectivity index (χ1v) is 9.34. The zero-order valence-electron chi connectivity index (χ0n) is 14.9. The molecule has 0 aliphatic heterocycles. The SMILES string of the molecule is CCCCCOC(CCCC/C=C/CCO)OCCCCC. The van der Waals surface area contributed by atoms with Crippen molar-refractivity contribution in [2.75, 3.05) is 19.8 Å². The zero-order chi connectivity index (χ0) is 16.3. The Kier molecular flexibility index (Phi) is 18.3. The number of unbranched alkanes of at least 4 members (excludes halogenated alkanes) is 6. The van der Waals surface area contributed by atoms with Crippen LogP contribution in [0.1, 0.15) is 84.5 Å². The van der Waals surface area contributed by atoms with E-state index in [1.807, 2.05) is 0 Å². The first-order valence-electron chi connectivity index (χ1n) is 9.34. The van der Waals surface area contributed by atoms with Gasteiger partial charge in [0.2, 0.25) is 0 Å². The summed E-state index contributed by atoms with van der Waals surface area (Å²) in [6, 6.07) is 0. The molecular formula is C19H38O3. The molecule has 3 heteroatoms. The molecule has 0 radical (unpaired) electrons. The molecule has 0 aliphatic rings. The summed E-state index contributed by atoms with van der Waals surface area (Å²) >= 11 is 0. The van der Waals surface area contributed by atoms with E-state index >= 15 is 0 Å². The van der Waals surface area contributed by atoms with Crippen molar-refractivity contribution in [1.29, 1.82) is 0 Å². The predicted molar refractivity (Wildman–Crippen MR) is 94.1 cm³/mol. The Morgan fingerprint density at radius 2 is 1.36 bits per heavy atom. The third-order valence-electron chi connectivity index (χ3n) is 3.63. The highest BCUT2D eigenvalue weighted by atomic mass is 16.7. The summed E-state index contributed by atoms with van der Waals surface area (Å²) in [5.41, 5.74) is 0. The summed E-state index contributed by atoms with van der Waals surface area (Å²) in [6.45, 7) is 6.31. The number of aliphatic hydroxyl groups is 1. The molecule has 0 saturated heterocycles. The molecule has 0 aromatic carbocycles. The first-order chi connectivity index (χ1) is 10.8. The molecule has 0 rings (SSSR count). The Hall–Kier alpha value is -0.380. The Morgan fingerprint density at radius 3 is 1.91 bits per heavy atom. The van der Waals surface area contributed by atoms with Gasteiger partial charge in [0, 0.05) is 19.8 Å². The van der Waals surface area contributed by atoms with Gasteiger partial charge in [0.25, 0.3) is 0 Å². The largest absolute Gasteiger partial charge is 0.396 e. The summed E-state index contributed by atoms with van der Waals surface area (Å²) in [7, 11) is 0. The second-order valence-corrected chi connectivity index (χ2v) is 5.85. The number of allylic oxidation sites excluding steroid dienone is 1. The van der Waals surface area contributed by atoms with Gasteiger partial charge in [-0.25, -0.2) is 0 Å². The van der Waals surface area contributed by atoms with E-state index in [0.717, 1.165) is 58.2 Å². The minimum absolute atomic E-state index is 0.0184. The van der Waals surface area contributed by atoms with Gasteiger partial charge in [-0.3, -0.25) is 0 Å². The smallest absolute Gasteiger partial charge is 0.157 e. The normalized spacial score (nSPS) is 11.8. The van der Waals surface area contributed by atoms with E-state index in [4.69, 9.17) is 14.6 Å². The van der Waals surface area contributed by atoms with E-state index in [0.29, 0.717) is 0 Å². The van der Waals surface area contributed by atoms with Crippen LogP contribution < -0.4 is 0 Å². The van der Waals surface area contributed by atoms with Crippen LogP contribution in [0.15, 0.2) is 12.2 Å². The fraction of sp³-hybridized carbons (Fsp3) is 0.895. The van der Waals surface area contributed by atoms with Crippen molar-refractivity contribution >= 4 is 0 Å². The van der Waals surface area contributed by atoms with Crippen molar-refractivity contribution in [3.63, 3.8) is 0 Å². The molecule has 0 spiro atoms. The van der Waals surface area contributed by atoms with E-state index in [-0.39, 0.29) is 12.9 Å². The van der Waals surface area contributed by atoms with Gasteiger partial charge < -0.3 is 14.6 Å². The minimum atomic E-state index is -0.0184. The van der Waals surface area contributed by atoms with Crippen LogP contribution in [0, 0.1) is 0 Å². The van der Waals surface area contributed by atoms with Crippen LogP contribution in [0.5, 0.6) is 0 Å². The van der Waals surface area contributed by atoms with E-state index in [1.54, 1.807) is 0 Å². The molecule has 0 saturated carbocycles. The van der Waals surface area contributed by atoms with Crippen LogP contribution in [0.25, 0.3) is 0 Å². The quantitative estimate of drug-likeness (QED) is 0.227. The fourth-order valence-corrected chi connectivity index (χ4v) is 2.23. The highest BCUT2D eigenvalue weighted by molar-refractivity contribution is 4.80. The van der Waals surface area contributed by atoms with Gasteiger partial charge in [-0.05, 0) is 44.9 Å². The molecule has 0 aromatic heterocycles. The highest BCUT2D eigenvalue weighted by Gasteiger charge is 2.08. The van der Waals surface area contributed by atoms with Crippen molar-refractivity contribution in [1.82, 2.24) is 0 Å². The van der Waals surface area contributed by atoms with E-state index in [2.05, 4.69) is 26.0 Å². The van der Waals surface area contributed by atoms with Crippen LogP contribution >= 0.6 is 0 Å². The highest BCUT2D eigenvalue weighted by Crippen LogP contribution is 2.11. The van der Waals surface area contributed by atoms with Crippen molar-refractivity contribution in [2.24, 2.45) is 0 Å². The van der Waals surface area contributed by atoms with Crippen LogP contribution in [-0.4, -0.2) is 31.2 Å². The molecule has 0 heterocycles. The molecule has 0 aliphatic carbocycles. The molecular weight excluding hydrogens is 276 g/mol. The van der Waals surface area contributed by atoms with Crippen LogP contribution in [-0.2, 0) is 9.47 Å². The lowest BCUT2D eigenvalue weighted by molar-refractivity contribution is -0.147. The third-order valence-corrected chi connectivity index (χ3v) is 3.63. The van der Waals surface area contributed by atoms with Crippen LogP contribution in [0.3, 0.4) is 0 Å². The second-order valence-electron chi connectivity index (χ2n) is 5.85. The monoisotopic (exact) mass is 314 g/mol. The average molecular weight is 315 g/mol. The molecule has 3 nitrogen and oxygen atoms in total. The molecule has 0 bridgehead atoms. The molecule has 0 aromatic rings. The summed E-state index contributed by atoms with van der Waals surface area (Å²) < 4.78 is 11.8. The molecule has 0 unspecified atom stereocenters. The fourth-order valence-electron chi connectivity index (χ4n) is 2.23. The average Bonchev–Trinajstić information content (AvgIpc) is 2.53. The lowest BCUT2D eigenvalue weighted by Gasteiger charge is -2.18. The third kappa shape index (κ3) is 16.0. The van der Waals surface area contributed by atoms with Crippen molar-refractivity contribution in [3.05, 3.63) is 12.2 Å². The lowest BCUT2D eigenvalue weighted by atomic mass is 10.1. The van der Waals surface area contributed by atoms with Gasteiger partial charge in [-0.1, -0.05) is 51.7 Å². The van der Waals surface area contributed by atoms with Gasteiger partial charge in [-0.15, -0.1) is 0 Å². The number of hydrogen-bond donors (Lipinski definition) is 1. The first kappa shape index (κ1) is 21.6. The van der Waals surface area contributed by atoms with Gasteiger partial charge in [0.05, 0.1) is 0 Å². The standard InChI is InChI=1S/C19H38O3/c1-3-5-13-17-21-19(22-18-14-6-4-2)15-11-9-7-8-10-12-16-20/h8,10,19-20H,3-7,9,11-18H2,1-2H3/b10-8+. The van der Waals surface area contributed by atoms with Gasteiger partial charge in [0.15, 0.2) is 6.29 Å². The Bertz CT molecular complexity index is 217. The molecule has 132 valence electrons. The maximum absolute atomic E-state index is 8.70. The summed E-state index contributed by atoms with van der Waals surface area (Å²) in [5, 5.41) is 8.70. The molecule has 1 N–H and O–H groups in total. The molecule has 0 amide bonds. The van der Waals surface area contributed by atoms with Crippen LogP contribution in [0.4, 0.5) is 0 Å².